The van der Waals surface area contributed by atoms with Gasteiger partial charge in [0.1, 0.15) is 5.65 Å². The number of carbonyl (C=O) groups is 1. The molecule has 3 aromatic heterocycles. The van der Waals surface area contributed by atoms with Crippen LogP contribution in [0.25, 0.3) is 16.6 Å². The number of hydrogen-bond donors (Lipinski definition) is 0. The highest BCUT2D eigenvalue weighted by Crippen LogP contribution is 2.19. The maximum atomic E-state index is 13.6. The summed E-state index contributed by atoms with van der Waals surface area (Å²) in [5, 5.41) is 0.365. The molecule has 0 N–H and O–H groups in total. The van der Waals surface area contributed by atoms with Crippen molar-refractivity contribution in [2.45, 2.75) is 32.5 Å². The van der Waals surface area contributed by atoms with Gasteiger partial charge < -0.3 is 4.90 Å². The second kappa shape index (κ2) is 9.59. The van der Waals surface area contributed by atoms with Gasteiger partial charge in [0.2, 0.25) is 5.91 Å². The van der Waals surface area contributed by atoms with Crippen LogP contribution in [-0.4, -0.2) is 35.9 Å². The summed E-state index contributed by atoms with van der Waals surface area (Å²) in [6, 6.07) is 21.5. The summed E-state index contributed by atoms with van der Waals surface area (Å²) < 4.78 is 3.99. The number of benzene rings is 2. The van der Waals surface area contributed by atoms with Gasteiger partial charge in [-0.05, 0) is 41.8 Å². The first-order valence-corrected chi connectivity index (χ1v) is 12.5. The Balaban J connectivity index is 1.33. The van der Waals surface area contributed by atoms with Crippen molar-refractivity contribution in [1.82, 2.24) is 23.4 Å². The molecule has 190 valence electrons. The molecule has 2 aromatic carbocycles. The van der Waals surface area contributed by atoms with Crippen LogP contribution in [0.3, 0.4) is 0 Å². The third-order valence-electron chi connectivity index (χ3n) is 7.11. The molecule has 0 unspecified atom stereocenters. The SMILES string of the molecule is O=C(CCn1c(=O)c2ccccc2n(Cc2cc(=O)n3ccccc3n2)c1=O)N1CCc2ccccc2C1. The number of rotatable bonds is 5. The van der Waals surface area contributed by atoms with Gasteiger partial charge in [0.15, 0.2) is 0 Å². The van der Waals surface area contributed by atoms with Gasteiger partial charge in [-0.3, -0.25) is 27.9 Å². The fourth-order valence-electron chi connectivity index (χ4n) is 5.14. The molecular formula is C29H25N5O4. The lowest BCUT2D eigenvalue weighted by Gasteiger charge is -2.29. The average Bonchev–Trinajstić information content (AvgIpc) is 2.95. The fourth-order valence-corrected chi connectivity index (χ4v) is 5.14. The van der Waals surface area contributed by atoms with Crippen LogP contribution in [0.5, 0.6) is 0 Å². The molecule has 1 aliphatic rings. The van der Waals surface area contributed by atoms with Crippen LogP contribution in [0.15, 0.2) is 93.4 Å². The lowest BCUT2D eigenvalue weighted by Crippen LogP contribution is -2.42. The molecule has 38 heavy (non-hydrogen) atoms. The number of amides is 1. The van der Waals surface area contributed by atoms with Crippen LogP contribution in [0.2, 0.25) is 0 Å². The van der Waals surface area contributed by atoms with Gasteiger partial charge in [0, 0.05) is 38.3 Å². The Morgan fingerprint density at radius 3 is 2.50 bits per heavy atom. The second-order valence-corrected chi connectivity index (χ2v) is 9.44. The van der Waals surface area contributed by atoms with E-state index < -0.39 is 11.2 Å². The highest BCUT2D eigenvalue weighted by Gasteiger charge is 2.21. The van der Waals surface area contributed by atoms with Crippen LogP contribution in [0.1, 0.15) is 23.2 Å². The van der Waals surface area contributed by atoms with Gasteiger partial charge in [0.05, 0.1) is 23.1 Å². The minimum absolute atomic E-state index is 0.0110. The van der Waals surface area contributed by atoms with Gasteiger partial charge >= 0.3 is 5.69 Å². The van der Waals surface area contributed by atoms with Crippen molar-refractivity contribution in [3.05, 3.63) is 127 Å². The molecule has 1 aliphatic heterocycles. The summed E-state index contributed by atoms with van der Waals surface area (Å²) >= 11 is 0. The molecule has 9 nitrogen and oxygen atoms in total. The van der Waals surface area contributed by atoms with Crippen molar-refractivity contribution in [3.63, 3.8) is 0 Å². The highest BCUT2D eigenvalue weighted by molar-refractivity contribution is 5.78. The topological polar surface area (TPSA) is 98.7 Å². The lowest BCUT2D eigenvalue weighted by atomic mass is 10.00. The second-order valence-electron chi connectivity index (χ2n) is 9.44. The Morgan fingerprint density at radius 2 is 1.63 bits per heavy atom. The average molecular weight is 508 g/mol. The molecule has 1 amide bonds. The van der Waals surface area contributed by atoms with Crippen molar-refractivity contribution >= 4 is 22.5 Å². The Hall–Kier alpha value is -4.79. The van der Waals surface area contributed by atoms with E-state index in [-0.39, 0.29) is 31.0 Å². The number of para-hydroxylation sites is 1. The van der Waals surface area contributed by atoms with Crippen molar-refractivity contribution < 1.29 is 4.79 Å². The minimum Gasteiger partial charge on any atom is -0.338 e. The Bertz CT molecular complexity index is 1880. The zero-order valence-electron chi connectivity index (χ0n) is 20.6. The molecule has 0 bridgehead atoms. The van der Waals surface area contributed by atoms with Gasteiger partial charge in [0.25, 0.3) is 11.1 Å². The molecule has 0 radical (unpaired) electrons. The fraction of sp³-hybridized carbons (Fsp3) is 0.207. The van der Waals surface area contributed by atoms with Crippen LogP contribution in [0.4, 0.5) is 0 Å². The largest absolute Gasteiger partial charge is 0.338 e. The standard InChI is InChI=1S/C29H25N5O4/c35-26(31-15-12-20-7-1-2-8-21(20)18-31)13-16-33-28(37)23-9-3-4-10-24(23)34(29(33)38)19-22-17-27(36)32-14-6-5-11-25(32)30-22/h1-11,14,17H,12-13,15-16,18-19H2. The van der Waals surface area contributed by atoms with E-state index in [9.17, 15) is 19.2 Å². The van der Waals surface area contributed by atoms with Crippen LogP contribution in [0, 0.1) is 0 Å². The molecule has 0 spiro atoms. The lowest BCUT2D eigenvalue weighted by molar-refractivity contribution is -0.132. The van der Waals surface area contributed by atoms with Crippen molar-refractivity contribution in [2.24, 2.45) is 0 Å². The van der Waals surface area contributed by atoms with Gasteiger partial charge in [-0.1, -0.05) is 42.5 Å². The first-order chi connectivity index (χ1) is 18.5. The monoisotopic (exact) mass is 507 g/mol. The number of aromatic nitrogens is 4. The van der Waals surface area contributed by atoms with E-state index >= 15 is 0 Å². The van der Waals surface area contributed by atoms with Crippen molar-refractivity contribution in [3.8, 4) is 0 Å². The first kappa shape index (κ1) is 23.6. The molecule has 0 atom stereocenters. The van der Waals surface area contributed by atoms with E-state index in [1.54, 1.807) is 53.6 Å². The summed E-state index contributed by atoms with van der Waals surface area (Å²) in [6.07, 6.45) is 2.45. The number of carbonyl (C=O) groups excluding carboxylic acids is 1. The van der Waals surface area contributed by atoms with E-state index in [1.165, 1.54) is 20.6 Å². The predicted molar refractivity (Wildman–Crippen MR) is 143 cm³/mol. The molecule has 0 saturated heterocycles. The summed E-state index contributed by atoms with van der Waals surface area (Å²) in [7, 11) is 0. The molecule has 5 aromatic rings. The Kier molecular flexibility index (Phi) is 5.95. The van der Waals surface area contributed by atoms with E-state index in [0.29, 0.717) is 35.3 Å². The van der Waals surface area contributed by atoms with E-state index in [4.69, 9.17) is 0 Å². The van der Waals surface area contributed by atoms with Crippen LogP contribution in [-0.2, 0) is 30.8 Å². The van der Waals surface area contributed by atoms with Gasteiger partial charge in [-0.25, -0.2) is 9.78 Å². The Morgan fingerprint density at radius 1 is 0.868 bits per heavy atom. The van der Waals surface area contributed by atoms with Crippen LogP contribution >= 0.6 is 0 Å². The van der Waals surface area contributed by atoms with E-state index in [0.717, 1.165) is 16.6 Å². The third kappa shape index (κ3) is 4.21. The summed E-state index contributed by atoms with van der Waals surface area (Å²) in [4.78, 5) is 58.9. The zero-order chi connectivity index (χ0) is 26.2. The van der Waals surface area contributed by atoms with Crippen molar-refractivity contribution in [1.29, 1.82) is 0 Å². The van der Waals surface area contributed by atoms with Gasteiger partial charge in [-0.2, -0.15) is 0 Å². The predicted octanol–water partition coefficient (Wildman–Crippen LogP) is 2.19. The molecule has 0 aliphatic carbocycles. The number of nitrogens with zero attached hydrogens (tertiary/aromatic N) is 5. The number of hydrogen-bond acceptors (Lipinski definition) is 5. The normalized spacial score (nSPS) is 13.1. The number of pyridine rings is 1. The Labute approximate surface area is 216 Å². The first-order valence-electron chi connectivity index (χ1n) is 12.5. The maximum absolute atomic E-state index is 13.6. The highest BCUT2D eigenvalue weighted by atomic mass is 16.2. The smallest absolute Gasteiger partial charge is 0.331 e. The zero-order valence-corrected chi connectivity index (χ0v) is 20.6. The molecule has 6 rings (SSSR count). The summed E-state index contributed by atoms with van der Waals surface area (Å²) in [6.45, 7) is 1.11. The quantitative estimate of drug-likeness (QED) is 0.363. The minimum atomic E-state index is -0.541. The molecule has 9 heteroatoms. The third-order valence-corrected chi connectivity index (χ3v) is 7.11. The maximum Gasteiger partial charge on any atom is 0.331 e. The molecule has 0 saturated carbocycles. The summed E-state index contributed by atoms with van der Waals surface area (Å²) in [5.41, 5.74) is 2.45. The van der Waals surface area contributed by atoms with Gasteiger partial charge in [-0.15, -0.1) is 0 Å². The molecule has 0 fully saturated rings. The molecular weight excluding hydrogens is 482 g/mol. The number of fused-ring (bicyclic) bond motifs is 3. The van der Waals surface area contributed by atoms with Crippen molar-refractivity contribution in [2.75, 3.05) is 6.54 Å². The summed E-state index contributed by atoms with van der Waals surface area (Å²) in [5.74, 6) is -0.102. The van der Waals surface area contributed by atoms with Crippen LogP contribution < -0.4 is 16.8 Å². The van der Waals surface area contributed by atoms with E-state index in [2.05, 4.69) is 11.1 Å². The van der Waals surface area contributed by atoms with E-state index in [1.807, 2.05) is 18.2 Å². The molecule has 4 heterocycles.